The maximum absolute atomic E-state index is 12.7. The van der Waals surface area contributed by atoms with E-state index in [0.717, 1.165) is 30.6 Å². The summed E-state index contributed by atoms with van der Waals surface area (Å²) in [5.41, 5.74) is 9.01. The van der Waals surface area contributed by atoms with Crippen molar-refractivity contribution in [1.29, 1.82) is 0 Å². The molecule has 0 unspecified atom stereocenters. The van der Waals surface area contributed by atoms with Gasteiger partial charge in [0, 0.05) is 31.4 Å². The molecule has 124 valence electrons. The first-order valence-electron chi connectivity index (χ1n) is 8.42. The molecule has 5 nitrogen and oxygen atoms in total. The topological polar surface area (TPSA) is 66.6 Å². The highest BCUT2D eigenvalue weighted by Gasteiger charge is 2.42. The third kappa shape index (κ3) is 2.85. The summed E-state index contributed by atoms with van der Waals surface area (Å²) in [6, 6.07) is 6.12. The van der Waals surface area contributed by atoms with Gasteiger partial charge in [0.05, 0.1) is 0 Å². The van der Waals surface area contributed by atoms with Crippen molar-refractivity contribution in [2.75, 3.05) is 24.5 Å². The van der Waals surface area contributed by atoms with Gasteiger partial charge in [0.1, 0.15) is 5.92 Å². The summed E-state index contributed by atoms with van der Waals surface area (Å²) < 4.78 is 0. The zero-order chi connectivity index (χ0) is 16.6. The molecular formula is C18H25N3O2. The SMILES string of the molecule is Cc1ccc(N2CC[C@H](C(=O)N3CCC[C@@H]3CN)C2=O)cc1C. The third-order valence-electron chi connectivity index (χ3n) is 5.24. The fraction of sp³-hybridized carbons (Fsp3) is 0.556. The van der Waals surface area contributed by atoms with Gasteiger partial charge in [-0.3, -0.25) is 9.59 Å². The summed E-state index contributed by atoms with van der Waals surface area (Å²) in [7, 11) is 0. The van der Waals surface area contributed by atoms with Crippen molar-refractivity contribution < 1.29 is 9.59 Å². The molecule has 2 N–H and O–H groups in total. The summed E-state index contributed by atoms with van der Waals surface area (Å²) in [5.74, 6) is -0.640. The first-order valence-corrected chi connectivity index (χ1v) is 8.42. The summed E-state index contributed by atoms with van der Waals surface area (Å²) in [6.45, 7) is 5.91. The number of benzene rings is 1. The highest BCUT2D eigenvalue weighted by Crippen LogP contribution is 2.29. The first kappa shape index (κ1) is 16.0. The van der Waals surface area contributed by atoms with Crippen molar-refractivity contribution in [3.8, 4) is 0 Å². The highest BCUT2D eigenvalue weighted by molar-refractivity contribution is 6.09. The standard InChI is InChI=1S/C18H25N3O2/c1-12-5-6-14(10-13(12)2)21-9-7-16(18(21)23)17(22)20-8-3-4-15(20)11-19/h5-6,10,15-16H,3-4,7-9,11,19H2,1-2H3/t15-,16-/m1/s1. The minimum absolute atomic E-state index is 0.0331. The van der Waals surface area contributed by atoms with Gasteiger partial charge in [-0.2, -0.15) is 0 Å². The van der Waals surface area contributed by atoms with Crippen molar-refractivity contribution in [3.05, 3.63) is 29.3 Å². The molecule has 2 fully saturated rings. The van der Waals surface area contributed by atoms with Crippen molar-refractivity contribution >= 4 is 17.5 Å². The van der Waals surface area contributed by atoms with Gasteiger partial charge in [0.15, 0.2) is 0 Å². The smallest absolute Gasteiger partial charge is 0.239 e. The Bertz CT molecular complexity index is 629. The van der Waals surface area contributed by atoms with E-state index in [0.29, 0.717) is 19.5 Å². The zero-order valence-corrected chi connectivity index (χ0v) is 13.9. The molecule has 2 atom stereocenters. The van der Waals surface area contributed by atoms with Gasteiger partial charge in [0.25, 0.3) is 0 Å². The quantitative estimate of drug-likeness (QED) is 0.862. The Balaban J connectivity index is 1.76. The molecule has 0 bridgehead atoms. The average Bonchev–Trinajstić information content (AvgIpc) is 3.16. The number of aryl methyl sites for hydroxylation is 2. The maximum Gasteiger partial charge on any atom is 0.239 e. The van der Waals surface area contributed by atoms with E-state index in [2.05, 4.69) is 6.92 Å². The molecule has 0 spiro atoms. The van der Waals surface area contributed by atoms with Crippen molar-refractivity contribution in [1.82, 2.24) is 4.90 Å². The molecule has 0 saturated carbocycles. The molecular weight excluding hydrogens is 290 g/mol. The first-order chi connectivity index (χ1) is 11.0. The van der Waals surface area contributed by atoms with E-state index in [1.165, 1.54) is 5.56 Å². The number of hydrogen-bond donors (Lipinski definition) is 1. The number of carbonyl (C=O) groups is 2. The van der Waals surface area contributed by atoms with Crippen LogP contribution < -0.4 is 10.6 Å². The van der Waals surface area contributed by atoms with E-state index in [4.69, 9.17) is 5.73 Å². The average molecular weight is 315 g/mol. The van der Waals surface area contributed by atoms with E-state index in [1.807, 2.05) is 30.0 Å². The highest BCUT2D eigenvalue weighted by atomic mass is 16.2. The predicted octanol–water partition coefficient (Wildman–Crippen LogP) is 1.61. The summed E-state index contributed by atoms with van der Waals surface area (Å²) in [5, 5.41) is 0. The normalized spacial score (nSPS) is 24.6. The maximum atomic E-state index is 12.7. The Hall–Kier alpha value is -1.88. The minimum Gasteiger partial charge on any atom is -0.338 e. The van der Waals surface area contributed by atoms with Gasteiger partial charge in [-0.1, -0.05) is 6.07 Å². The summed E-state index contributed by atoms with van der Waals surface area (Å²) in [6.07, 6.45) is 2.53. The zero-order valence-electron chi connectivity index (χ0n) is 13.9. The van der Waals surface area contributed by atoms with E-state index in [9.17, 15) is 9.59 Å². The second-order valence-corrected chi connectivity index (χ2v) is 6.66. The van der Waals surface area contributed by atoms with Crippen LogP contribution >= 0.6 is 0 Å². The Labute approximate surface area is 137 Å². The van der Waals surface area contributed by atoms with E-state index in [-0.39, 0.29) is 17.9 Å². The molecule has 2 heterocycles. The Morgan fingerprint density at radius 2 is 2.00 bits per heavy atom. The molecule has 2 aliphatic rings. The lowest BCUT2D eigenvalue weighted by Crippen LogP contribution is -2.45. The largest absolute Gasteiger partial charge is 0.338 e. The molecule has 23 heavy (non-hydrogen) atoms. The molecule has 1 aromatic rings. The van der Waals surface area contributed by atoms with Gasteiger partial charge >= 0.3 is 0 Å². The van der Waals surface area contributed by atoms with Crippen LogP contribution in [0.25, 0.3) is 0 Å². The number of amides is 2. The lowest BCUT2D eigenvalue weighted by atomic mass is 10.1. The van der Waals surface area contributed by atoms with Crippen LogP contribution in [0, 0.1) is 19.8 Å². The molecule has 3 rings (SSSR count). The number of nitrogens with zero attached hydrogens (tertiary/aromatic N) is 2. The summed E-state index contributed by atoms with van der Waals surface area (Å²) >= 11 is 0. The van der Waals surface area contributed by atoms with Crippen LogP contribution in [0.15, 0.2) is 18.2 Å². The van der Waals surface area contributed by atoms with Crippen LogP contribution in [-0.4, -0.2) is 42.4 Å². The molecule has 2 saturated heterocycles. The Morgan fingerprint density at radius 1 is 1.22 bits per heavy atom. The lowest BCUT2D eigenvalue weighted by Gasteiger charge is -2.26. The fourth-order valence-corrected chi connectivity index (χ4v) is 3.63. The number of anilines is 1. The predicted molar refractivity (Wildman–Crippen MR) is 90.2 cm³/mol. The Kier molecular flexibility index (Phi) is 4.39. The van der Waals surface area contributed by atoms with Gasteiger partial charge in [0.2, 0.25) is 11.8 Å². The van der Waals surface area contributed by atoms with E-state index < -0.39 is 5.92 Å². The molecule has 0 aromatic heterocycles. The number of hydrogen-bond acceptors (Lipinski definition) is 3. The van der Waals surface area contributed by atoms with E-state index >= 15 is 0 Å². The minimum atomic E-state index is -0.538. The lowest BCUT2D eigenvalue weighted by molar-refractivity contribution is -0.140. The Morgan fingerprint density at radius 3 is 2.70 bits per heavy atom. The van der Waals surface area contributed by atoms with Gasteiger partial charge in [-0.15, -0.1) is 0 Å². The van der Waals surface area contributed by atoms with Crippen molar-refractivity contribution in [3.63, 3.8) is 0 Å². The van der Waals surface area contributed by atoms with E-state index in [1.54, 1.807) is 4.90 Å². The van der Waals surface area contributed by atoms with Crippen LogP contribution in [0.5, 0.6) is 0 Å². The van der Waals surface area contributed by atoms with Crippen molar-refractivity contribution in [2.24, 2.45) is 11.7 Å². The molecule has 2 amide bonds. The molecule has 1 aromatic carbocycles. The van der Waals surface area contributed by atoms with Gasteiger partial charge in [-0.05, 0) is 56.4 Å². The number of carbonyl (C=O) groups excluding carboxylic acids is 2. The second kappa shape index (κ2) is 6.32. The monoisotopic (exact) mass is 315 g/mol. The van der Waals surface area contributed by atoms with Crippen LogP contribution in [0.1, 0.15) is 30.4 Å². The van der Waals surface area contributed by atoms with Gasteiger partial charge in [-0.25, -0.2) is 0 Å². The number of likely N-dealkylation sites (tertiary alicyclic amines) is 1. The third-order valence-corrected chi connectivity index (χ3v) is 5.24. The van der Waals surface area contributed by atoms with Crippen LogP contribution in [0.2, 0.25) is 0 Å². The summed E-state index contributed by atoms with van der Waals surface area (Å²) in [4.78, 5) is 29.1. The fourth-order valence-electron chi connectivity index (χ4n) is 3.63. The molecule has 0 radical (unpaired) electrons. The van der Waals surface area contributed by atoms with Crippen molar-refractivity contribution in [2.45, 2.75) is 39.2 Å². The number of rotatable bonds is 3. The van der Waals surface area contributed by atoms with Crippen LogP contribution in [0.4, 0.5) is 5.69 Å². The molecule has 5 heteroatoms. The second-order valence-electron chi connectivity index (χ2n) is 6.66. The van der Waals surface area contributed by atoms with Crippen LogP contribution in [-0.2, 0) is 9.59 Å². The van der Waals surface area contributed by atoms with Crippen LogP contribution in [0.3, 0.4) is 0 Å². The van der Waals surface area contributed by atoms with Gasteiger partial charge < -0.3 is 15.5 Å². The number of nitrogens with two attached hydrogens (primary N) is 1. The molecule has 0 aliphatic carbocycles. The molecule has 2 aliphatic heterocycles.